The van der Waals surface area contributed by atoms with Crippen LogP contribution in [0.2, 0.25) is 0 Å². The second kappa shape index (κ2) is 7.42. The molecule has 0 saturated carbocycles. The summed E-state index contributed by atoms with van der Waals surface area (Å²) in [4.78, 5) is 12.5. The van der Waals surface area contributed by atoms with Gasteiger partial charge in [0.15, 0.2) is 5.69 Å². The van der Waals surface area contributed by atoms with E-state index in [1.165, 1.54) is 5.69 Å². The Morgan fingerprint density at radius 3 is 2.78 bits per heavy atom. The van der Waals surface area contributed by atoms with Gasteiger partial charge < -0.3 is 10.6 Å². The van der Waals surface area contributed by atoms with Gasteiger partial charge >= 0.3 is 0 Å². The number of carbonyl (C=O) groups is 1. The molecule has 1 amide bonds. The van der Waals surface area contributed by atoms with Gasteiger partial charge in [0.2, 0.25) is 0 Å². The maximum atomic E-state index is 12.5. The number of rotatable bonds is 7. The number of nitrogens with one attached hydrogen (secondary N) is 2. The lowest BCUT2D eigenvalue weighted by molar-refractivity contribution is 0.0947. The zero-order chi connectivity index (χ0) is 16.1. The summed E-state index contributed by atoms with van der Waals surface area (Å²) in [5.74, 6) is -0.0591. The molecule has 0 aliphatic heterocycles. The van der Waals surface area contributed by atoms with Gasteiger partial charge in [0, 0.05) is 24.3 Å². The average Bonchev–Trinajstić information content (AvgIpc) is 3.17. The molecule has 3 rings (SSSR count). The predicted molar refractivity (Wildman–Crippen MR) is 91.1 cm³/mol. The Morgan fingerprint density at radius 2 is 2.00 bits per heavy atom. The van der Waals surface area contributed by atoms with Crippen LogP contribution in [0.25, 0.3) is 5.69 Å². The molecule has 0 spiro atoms. The standard InChI is InChI=1S/C18H24N4O/c1-2-11-19-12-13-20-18(23)17-15-9-6-10-16(15)22(21-17)14-7-4-3-5-8-14/h3-5,7-8,19H,2,6,9-13H2,1H3,(H,20,23). The molecule has 5 nitrogen and oxygen atoms in total. The Hall–Kier alpha value is -2.14. The van der Waals surface area contributed by atoms with Gasteiger partial charge in [-0.25, -0.2) is 4.68 Å². The van der Waals surface area contributed by atoms with Crippen molar-refractivity contribution in [3.8, 4) is 5.69 Å². The van der Waals surface area contributed by atoms with Crippen LogP contribution in [0, 0.1) is 0 Å². The molecule has 1 aliphatic rings. The highest BCUT2D eigenvalue weighted by molar-refractivity contribution is 5.94. The highest BCUT2D eigenvalue weighted by atomic mass is 16.1. The lowest BCUT2D eigenvalue weighted by Gasteiger charge is -2.06. The summed E-state index contributed by atoms with van der Waals surface area (Å²) in [6.07, 6.45) is 4.13. The molecule has 2 N–H and O–H groups in total. The van der Waals surface area contributed by atoms with E-state index in [2.05, 4.69) is 22.7 Å². The molecule has 0 atom stereocenters. The molecule has 0 fully saturated rings. The van der Waals surface area contributed by atoms with Gasteiger partial charge in [0.1, 0.15) is 0 Å². The van der Waals surface area contributed by atoms with Crippen molar-refractivity contribution < 1.29 is 4.79 Å². The number of fused-ring (bicyclic) bond motifs is 1. The molecule has 2 aromatic rings. The number of carbonyl (C=O) groups excluding carboxylic acids is 1. The number of nitrogens with zero attached hydrogens (tertiary/aromatic N) is 2. The molecule has 5 heteroatoms. The van der Waals surface area contributed by atoms with Crippen LogP contribution in [-0.4, -0.2) is 35.3 Å². The largest absolute Gasteiger partial charge is 0.349 e. The number of hydrogen-bond acceptors (Lipinski definition) is 3. The Morgan fingerprint density at radius 1 is 1.17 bits per heavy atom. The van der Waals surface area contributed by atoms with Crippen LogP contribution in [0.4, 0.5) is 0 Å². The zero-order valence-corrected chi connectivity index (χ0v) is 13.6. The summed E-state index contributed by atoms with van der Waals surface area (Å²) in [5.41, 5.74) is 3.92. The molecule has 0 bridgehead atoms. The first-order valence-electron chi connectivity index (χ1n) is 8.46. The fourth-order valence-electron chi connectivity index (χ4n) is 3.05. The monoisotopic (exact) mass is 312 g/mol. The normalized spacial score (nSPS) is 13.1. The van der Waals surface area contributed by atoms with Gasteiger partial charge in [-0.3, -0.25) is 4.79 Å². The highest BCUT2D eigenvalue weighted by Crippen LogP contribution is 2.27. The van der Waals surface area contributed by atoms with Crippen molar-refractivity contribution in [3.63, 3.8) is 0 Å². The van der Waals surface area contributed by atoms with Crippen LogP contribution < -0.4 is 10.6 Å². The van der Waals surface area contributed by atoms with Crippen LogP contribution in [0.3, 0.4) is 0 Å². The van der Waals surface area contributed by atoms with Crippen molar-refractivity contribution in [2.75, 3.05) is 19.6 Å². The van der Waals surface area contributed by atoms with E-state index < -0.39 is 0 Å². The minimum Gasteiger partial charge on any atom is -0.349 e. The Labute approximate surface area is 137 Å². The maximum Gasteiger partial charge on any atom is 0.272 e. The Balaban J connectivity index is 1.74. The number of para-hydroxylation sites is 1. The van der Waals surface area contributed by atoms with Crippen molar-refractivity contribution in [1.29, 1.82) is 0 Å². The van der Waals surface area contributed by atoms with Crippen LogP contribution in [0.5, 0.6) is 0 Å². The third-order valence-electron chi connectivity index (χ3n) is 4.16. The first kappa shape index (κ1) is 15.7. The van der Waals surface area contributed by atoms with Gasteiger partial charge in [-0.2, -0.15) is 5.10 Å². The third kappa shape index (κ3) is 3.45. The molecule has 0 unspecified atom stereocenters. The first-order valence-corrected chi connectivity index (χ1v) is 8.46. The molecule has 0 saturated heterocycles. The van der Waals surface area contributed by atoms with Crippen LogP contribution in [0.1, 0.15) is 41.5 Å². The average molecular weight is 312 g/mol. The zero-order valence-electron chi connectivity index (χ0n) is 13.6. The molecule has 0 radical (unpaired) electrons. The first-order chi connectivity index (χ1) is 11.3. The quantitative estimate of drug-likeness (QED) is 0.770. The fraction of sp³-hybridized carbons (Fsp3) is 0.444. The van der Waals surface area contributed by atoms with E-state index in [0.717, 1.165) is 50.0 Å². The number of benzene rings is 1. The van der Waals surface area contributed by atoms with Crippen molar-refractivity contribution in [2.45, 2.75) is 32.6 Å². The summed E-state index contributed by atoms with van der Waals surface area (Å²) in [6, 6.07) is 10.0. The number of aromatic nitrogens is 2. The van der Waals surface area contributed by atoms with Crippen molar-refractivity contribution in [3.05, 3.63) is 47.3 Å². The van der Waals surface area contributed by atoms with Gasteiger partial charge in [-0.1, -0.05) is 25.1 Å². The Bertz CT molecular complexity index is 663. The molecule has 122 valence electrons. The van der Waals surface area contributed by atoms with E-state index in [-0.39, 0.29) is 5.91 Å². The summed E-state index contributed by atoms with van der Waals surface area (Å²) in [7, 11) is 0. The van der Waals surface area contributed by atoms with E-state index in [1.807, 2.05) is 35.0 Å². The number of hydrogen-bond donors (Lipinski definition) is 2. The fourth-order valence-corrected chi connectivity index (χ4v) is 3.05. The second-order valence-corrected chi connectivity index (χ2v) is 5.88. The highest BCUT2D eigenvalue weighted by Gasteiger charge is 2.26. The molecule has 1 heterocycles. The Kier molecular flexibility index (Phi) is 5.08. The van der Waals surface area contributed by atoms with Crippen LogP contribution in [-0.2, 0) is 12.8 Å². The SMILES string of the molecule is CCCNCCNC(=O)c1nn(-c2ccccc2)c2c1CCC2. The van der Waals surface area contributed by atoms with E-state index in [4.69, 9.17) is 0 Å². The maximum absolute atomic E-state index is 12.5. The molecular weight excluding hydrogens is 288 g/mol. The van der Waals surface area contributed by atoms with E-state index >= 15 is 0 Å². The summed E-state index contributed by atoms with van der Waals surface area (Å²) < 4.78 is 1.94. The summed E-state index contributed by atoms with van der Waals surface area (Å²) >= 11 is 0. The van der Waals surface area contributed by atoms with E-state index in [9.17, 15) is 4.79 Å². The number of amides is 1. The molecule has 23 heavy (non-hydrogen) atoms. The van der Waals surface area contributed by atoms with Crippen LogP contribution in [0.15, 0.2) is 30.3 Å². The third-order valence-corrected chi connectivity index (χ3v) is 4.16. The second-order valence-electron chi connectivity index (χ2n) is 5.88. The van der Waals surface area contributed by atoms with Gasteiger partial charge in [0.25, 0.3) is 5.91 Å². The molecular formula is C18H24N4O. The van der Waals surface area contributed by atoms with Gasteiger partial charge in [0.05, 0.1) is 5.69 Å². The van der Waals surface area contributed by atoms with E-state index in [1.54, 1.807) is 0 Å². The summed E-state index contributed by atoms with van der Waals surface area (Å²) in [5, 5.41) is 10.9. The van der Waals surface area contributed by atoms with Crippen LogP contribution >= 0.6 is 0 Å². The minimum absolute atomic E-state index is 0.0591. The predicted octanol–water partition coefficient (Wildman–Crippen LogP) is 2.09. The lowest BCUT2D eigenvalue weighted by atomic mass is 10.2. The molecule has 1 aromatic heterocycles. The van der Waals surface area contributed by atoms with Crippen molar-refractivity contribution >= 4 is 5.91 Å². The minimum atomic E-state index is -0.0591. The molecule has 1 aromatic carbocycles. The van der Waals surface area contributed by atoms with Crippen molar-refractivity contribution in [1.82, 2.24) is 20.4 Å². The van der Waals surface area contributed by atoms with Crippen molar-refractivity contribution in [2.24, 2.45) is 0 Å². The summed E-state index contributed by atoms with van der Waals surface area (Å²) in [6.45, 7) is 4.53. The molecule has 1 aliphatic carbocycles. The lowest BCUT2D eigenvalue weighted by Crippen LogP contribution is -2.32. The smallest absolute Gasteiger partial charge is 0.272 e. The van der Waals surface area contributed by atoms with Gasteiger partial charge in [-0.15, -0.1) is 0 Å². The topological polar surface area (TPSA) is 58.9 Å². The van der Waals surface area contributed by atoms with E-state index in [0.29, 0.717) is 12.2 Å². The van der Waals surface area contributed by atoms with Gasteiger partial charge in [-0.05, 0) is 44.4 Å².